The van der Waals surface area contributed by atoms with Crippen molar-refractivity contribution in [3.63, 3.8) is 0 Å². The van der Waals surface area contributed by atoms with Crippen molar-refractivity contribution in [3.8, 4) is 0 Å². The van der Waals surface area contributed by atoms with E-state index >= 15 is 0 Å². The molecule has 1 N–H and O–H groups in total. The predicted molar refractivity (Wildman–Crippen MR) is 50.5 cm³/mol. The lowest BCUT2D eigenvalue weighted by Gasteiger charge is -2.06. The van der Waals surface area contributed by atoms with Crippen LogP contribution in [0.5, 0.6) is 0 Å². The molecule has 0 radical (unpaired) electrons. The standard InChI is InChI=1S/C10H12FNO2/c1-12-6-7-3-4-8(11)5-9(7)10(13)14-2/h3-5,12H,6H2,1-2H3. The van der Waals surface area contributed by atoms with Crippen LogP contribution in [0.4, 0.5) is 4.39 Å². The molecule has 0 fully saturated rings. The third kappa shape index (κ3) is 2.29. The van der Waals surface area contributed by atoms with Crippen molar-refractivity contribution >= 4 is 5.97 Å². The van der Waals surface area contributed by atoms with Crippen molar-refractivity contribution in [1.29, 1.82) is 0 Å². The van der Waals surface area contributed by atoms with Gasteiger partial charge in [0.1, 0.15) is 5.82 Å². The number of carbonyl (C=O) groups excluding carboxylic acids is 1. The molecule has 0 amide bonds. The van der Waals surface area contributed by atoms with Crippen LogP contribution in [0.3, 0.4) is 0 Å². The number of nitrogens with one attached hydrogen (secondary N) is 1. The van der Waals surface area contributed by atoms with E-state index in [1.807, 2.05) is 0 Å². The van der Waals surface area contributed by atoms with E-state index in [0.717, 1.165) is 5.56 Å². The van der Waals surface area contributed by atoms with Gasteiger partial charge in [0.05, 0.1) is 12.7 Å². The van der Waals surface area contributed by atoms with E-state index in [-0.39, 0.29) is 5.56 Å². The molecule has 1 rings (SSSR count). The first kappa shape index (κ1) is 10.7. The maximum atomic E-state index is 12.9. The molecule has 1 aromatic rings. The highest BCUT2D eigenvalue weighted by Crippen LogP contribution is 2.12. The first-order valence-corrected chi connectivity index (χ1v) is 4.20. The molecule has 0 bridgehead atoms. The van der Waals surface area contributed by atoms with E-state index in [4.69, 9.17) is 0 Å². The molecule has 0 aliphatic carbocycles. The number of rotatable bonds is 3. The molecule has 0 unspecified atom stereocenters. The van der Waals surface area contributed by atoms with Crippen LogP contribution in [-0.4, -0.2) is 20.1 Å². The number of esters is 1. The fourth-order valence-corrected chi connectivity index (χ4v) is 1.19. The quantitative estimate of drug-likeness (QED) is 0.743. The van der Waals surface area contributed by atoms with E-state index in [2.05, 4.69) is 10.1 Å². The van der Waals surface area contributed by atoms with Crippen molar-refractivity contribution in [1.82, 2.24) is 5.32 Å². The summed E-state index contributed by atoms with van der Waals surface area (Å²) in [5.74, 6) is -0.958. The average molecular weight is 197 g/mol. The zero-order chi connectivity index (χ0) is 10.6. The Kier molecular flexibility index (Phi) is 3.59. The summed E-state index contributed by atoms with van der Waals surface area (Å²) in [5, 5.41) is 2.89. The SMILES string of the molecule is CNCc1ccc(F)cc1C(=O)OC. The molecule has 0 aliphatic heterocycles. The topological polar surface area (TPSA) is 38.3 Å². The number of methoxy groups -OCH3 is 1. The Labute approximate surface area is 81.9 Å². The van der Waals surface area contributed by atoms with E-state index in [1.165, 1.54) is 19.2 Å². The summed E-state index contributed by atoms with van der Waals surface area (Å²) in [4.78, 5) is 11.2. The molecular formula is C10H12FNO2. The van der Waals surface area contributed by atoms with E-state index in [0.29, 0.717) is 6.54 Å². The highest BCUT2D eigenvalue weighted by molar-refractivity contribution is 5.91. The smallest absolute Gasteiger partial charge is 0.338 e. The maximum absolute atomic E-state index is 12.9. The Bertz CT molecular complexity index is 339. The Hall–Kier alpha value is -1.42. The Morgan fingerprint density at radius 2 is 2.29 bits per heavy atom. The first-order chi connectivity index (χ1) is 6.69. The van der Waals surface area contributed by atoms with Gasteiger partial charge in [-0.1, -0.05) is 6.07 Å². The Morgan fingerprint density at radius 1 is 1.57 bits per heavy atom. The van der Waals surface area contributed by atoms with Gasteiger partial charge in [-0.25, -0.2) is 9.18 Å². The van der Waals surface area contributed by atoms with Crippen LogP contribution in [0.25, 0.3) is 0 Å². The minimum atomic E-state index is -0.519. The van der Waals surface area contributed by atoms with Crippen LogP contribution < -0.4 is 5.32 Å². The lowest BCUT2D eigenvalue weighted by Crippen LogP contribution is -2.12. The zero-order valence-corrected chi connectivity index (χ0v) is 8.13. The summed E-state index contributed by atoms with van der Waals surface area (Å²) in [5.41, 5.74) is 0.989. The maximum Gasteiger partial charge on any atom is 0.338 e. The number of hydrogen-bond acceptors (Lipinski definition) is 3. The number of benzene rings is 1. The van der Waals surface area contributed by atoms with Crippen LogP contribution in [-0.2, 0) is 11.3 Å². The first-order valence-electron chi connectivity index (χ1n) is 4.20. The summed E-state index contributed by atoms with van der Waals surface area (Å²) >= 11 is 0. The summed E-state index contributed by atoms with van der Waals surface area (Å²) < 4.78 is 17.4. The molecule has 1 aromatic carbocycles. The molecule has 0 atom stereocenters. The lowest BCUT2D eigenvalue weighted by molar-refractivity contribution is 0.0599. The van der Waals surface area contributed by atoms with Crippen molar-refractivity contribution in [2.75, 3.05) is 14.2 Å². The van der Waals surface area contributed by atoms with Crippen molar-refractivity contribution in [2.45, 2.75) is 6.54 Å². The molecule has 14 heavy (non-hydrogen) atoms. The van der Waals surface area contributed by atoms with Crippen LogP contribution >= 0.6 is 0 Å². The van der Waals surface area contributed by atoms with Crippen molar-refractivity contribution in [2.24, 2.45) is 0 Å². The van der Waals surface area contributed by atoms with Gasteiger partial charge in [0.15, 0.2) is 0 Å². The van der Waals surface area contributed by atoms with Gasteiger partial charge in [0.25, 0.3) is 0 Å². The fraction of sp³-hybridized carbons (Fsp3) is 0.300. The Balaban J connectivity index is 3.08. The van der Waals surface area contributed by atoms with Crippen LogP contribution in [0.15, 0.2) is 18.2 Å². The van der Waals surface area contributed by atoms with Gasteiger partial charge in [-0.2, -0.15) is 0 Å². The normalized spacial score (nSPS) is 9.93. The van der Waals surface area contributed by atoms with Crippen LogP contribution in [0.2, 0.25) is 0 Å². The van der Waals surface area contributed by atoms with Gasteiger partial charge < -0.3 is 10.1 Å². The molecule has 0 spiro atoms. The van der Waals surface area contributed by atoms with Crippen LogP contribution in [0, 0.1) is 5.82 Å². The number of ether oxygens (including phenoxy) is 1. The highest BCUT2D eigenvalue weighted by atomic mass is 19.1. The summed E-state index contributed by atoms with van der Waals surface area (Å²) in [6.07, 6.45) is 0. The summed E-state index contributed by atoms with van der Waals surface area (Å²) in [7, 11) is 3.03. The van der Waals surface area contributed by atoms with Crippen molar-refractivity contribution in [3.05, 3.63) is 35.1 Å². The predicted octanol–water partition coefficient (Wildman–Crippen LogP) is 1.33. The second-order valence-corrected chi connectivity index (χ2v) is 2.82. The monoisotopic (exact) mass is 197 g/mol. The fourth-order valence-electron chi connectivity index (χ4n) is 1.19. The van der Waals surface area contributed by atoms with Gasteiger partial charge in [-0.3, -0.25) is 0 Å². The largest absolute Gasteiger partial charge is 0.465 e. The molecule has 4 heteroatoms. The molecular weight excluding hydrogens is 185 g/mol. The van der Waals surface area contributed by atoms with Crippen LogP contribution in [0.1, 0.15) is 15.9 Å². The third-order valence-corrected chi connectivity index (χ3v) is 1.84. The second-order valence-electron chi connectivity index (χ2n) is 2.82. The molecule has 3 nitrogen and oxygen atoms in total. The molecule has 0 heterocycles. The minimum absolute atomic E-state index is 0.266. The summed E-state index contributed by atoms with van der Waals surface area (Å²) in [6.45, 7) is 0.505. The second kappa shape index (κ2) is 4.72. The van der Waals surface area contributed by atoms with E-state index in [1.54, 1.807) is 13.1 Å². The number of halogens is 1. The van der Waals surface area contributed by atoms with Gasteiger partial charge in [0, 0.05) is 6.54 Å². The average Bonchev–Trinajstić information content (AvgIpc) is 2.20. The Morgan fingerprint density at radius 3 is 2.86 bits per heavy atom. The van der Waals surface area contributed by atoms with Gasteiger partial charge in [0.2, 0.25) is 0 Å². The van der Waals surface area contributed by atoms with Gasteiger partial charge >= 0.3 is 5.97 Å². The van der Waals surface area contributed by atoms with E-state index < -0.39 is 11.8 Å². The number of hydrogen-bond donors (Lipinski definition) is 1. The molecule has 0 aliphatic rings. The molecule has 0 saturated heterocycles. The zero-order valence-electron chi connectivity index (χ0n) is 8.13. The molecule has 0 aromatic heterocycles. The van der Waals surface area contributed by atoms with Gasteiger partial charge in [-0.05, 0) is 24.7 Å². The third-order valence-electron chi connectivity index (χ3n) is 1.84. The highest BCUT2D eigenvalue weighted by Gasteiger charge is 2.11. The lowest BCUT2D eigenvalue weighted by atomic mass is 10.1. The molecule has 0 saturated carbocycles. The van der Waals surface area contributed by atoms with E-state index in [9.17, 15) is 9.18 Å². The van der Waals surface area contributed by atoms with Crippen molar-refractivity contribution < 1.29 is 13.9 Å². The minimum Gasteiger partial charge on any atom is -0.465 e. The summed E-state index contributed by atoms with van der Waals surface area (Å²) in [6, 6.07) is 4.07. The number of carbonyl (C=O) groups is 1. The molecule has 76 valence electrons. The van der Waals surface area contributed by atoms with Gasteiger partial charge in [-0.15, -0.1) is 0 Å².